The third-order valence-electron chi connectivity index (χ3n) is 7.88. The van der Waals surface area contributed by atoms with Gasteiger partial charge in [0.15, 0.2) is 0 Å². The number of carbonyl (C=O) groups is 2. The number of esters is 1. The Morgan fingerprint density at radius 1 is 0.975 bits per heavy atom. The van der Waals surface area contributed by atoms with Crippen LogP contribution < -0.4 is 10.1 Å². The van der Waals surface area contributed by atoms with Gasteiger partial charge in [-0.15, -0.1) is 0 Å². The Hall–Kier alpha value is -4.13. The molecule has 7 nitrogen and oxygen atoms in total. The van der Waals surface area contributed by atoms with Crippen molar-refractivity contribution in [3.63, 3.8) is 0 Å². The minimum Gasteiger partial charge on any atom is -0.496 e. The van der Waals surface area contributed by atoms with Crippen LogP contribution in [0.4, 0.5) is 0 Å². The van der Waals surface area contributed by atoms with Gasteiger partial charge >= 0.3 is 5.97 Å². The summed E-state index contributed by atoms with van der Waals surface area (Å²) in [7, 11) is 1.63. The van der Waals surface area contributed by atoms with E-state index in [4.69, 9.17) is 9.47 Å². The van der Waals surface area contributed by atoms with Crippen LogP contribution in [0.15, 0.2) is 67.0 Å². The number of amides is 1. The molecule has 0 atom stereocenters. The van der Waals surface area contributed by atoms with E-state index >= 15 is 0 Å². The van der Waals surface area contributed by atoms with Crippen molar-refractivity contribution in [2.24, 2.45) is 5.92 Å². The zero-order chi connectivity index (χ0) is 28.1. The molecule has 1 N–H and O–H groups in total. The minimum atomic E-state index is -0.227. The van der Waals surface area contributed by atoms with Crippen LogP contribution in [-0.2, 0) is 16.1 Å². The fourth-order valence-corrected chi connectivity index (χ4v) is 5.69. The fraction of sp³-hybridized carbons (Fsp3) is 0.364. The van der Waals surface area contributed by atoms with Crippen molar-refractivity contribution in [2.75, 3.05) is 13.7 Å². The molecule has 1 saturated carbocycles. The van der Waals surface area contributed by atoms with Gasteiger partial charge in [-0.3, -0.25) is 9.59 Å². The molecule has 0 bridgehead atoms. The number of nitrogens with one attached hydrogen (secondary N) is 1. The van der Waals surface area contributed by atoms with Crippen LogP contribution in [0, 0.1) is 12.8 Å². The summed E-state index contributed by atoms with van der Waals surface area (Å²) in [5.74, 6) is 1.42. The van der Waals surface area contributed by atoms with Crippen LogP contribution in [0.1, 0.15) is 72.1 Å². The number of carbonyl (C=O) groups excluding carboxylic acids is 2. The number of hydrogen-bond donors (Lipinski definition) is 1. The molecule has 0 spiro atoms. The van der Waals surface area contributed by atoms with Gasteiger partial charge in [-0.25, -0.2) is 4.98 Å². The van der Waals surface area contributed by atoms with E-state index in [1.54, 1.807) is 13.3 Å². The number of ether oxygens (including phenoxy) is 2. The van der Waals surface area contributed by atoms with Crippen molar-refractivity contribution in [3.8, 4) is 16.9 Å². The topological polar surface area (TPSA) is 81.9 Å². The highest BCUT2D eigenvalue weighted by Crippen LogP contribution is 2.37. The van der Waals surface area contributed by atoms with Crippen molar-refractivity contribution in [1.82, 2.24) is 14.7 Å². The number of aromatic nitrogens is 2. The normalized spacial score (nSPS) is 17.0. The van der Waals surface area contributed by atoms with E-state index in [0.29, 0.717) is 37.1 Å². The van der Waals surface area contributed by atoms with Gasteiger partial charge in [0, 0.05) is 30.9 Å². The van der Waals surface area contributed by atoms with Crippen LogP contribution in [0.25, 0.3) is 16.8 Å². The number of imidazole rings is 1. The number of fused-ring (bicyclic) bond motifs is 1. The Morgan fingerprint density at radius 3 is 2.45 bits per heavy atom. The van der Waals surface area contributed by atoms with Gasteiger partial charge in [-0.1, -0.05) is 42.0 Å². The van der Waals surface area contributed by atoms with Crippen molar-refractivity contribution < 1.29 is 19.1 Å². The molecule has 208 valence electrons. The lowest BCUT2D eigenvalue weighted by Gasteiger charge is -2.28. The summed E-state index contributed by atoms with van der Waals surface area (Å²) in [6, 6.07) is 18.7. The number of methoxy groups -OCH3 is 1. The van der Waals surface area contributed by atoms with Gasteiger partial charge in [0.05, 0.1) is 13.7 Å². The Labute approximate surface area is 235 Å². The SMILES string of the molecule is CCOC(=O)CC1CCC(c2ccc(-c3ccc4nc(C(=O)NCc5cc(C)ccc5OC)cn4c3)cc2)CC1. The average Bonchev–Trinajstić information content (AvgIpc) is 3.40. The summed E-state index contributed by atoms with van der Waals surface area (Å²) in [6.45, 7) is 4.69. The predicted octanol–water partition coefficient (Wildman–Crippen LogP) is 6.48. The Kier molecular flexibility index (Phi) is 8.48. The van der Waals surface area contributed by atoms with E-state index < -0.39 is 0 Å². The third kappa shape index (κ3) is 6.36. The zero-order valence-corrected chi connectivity index (χ0v) is 23.5. The Balaban J connectivity index is 1.21. The first-order valence-corrected chi connectivity index (χ1v) is 14.1. The van der Waals surface area contributed by atoms with Gasteiger partial charge in [0.2, 0.25) is 0 Å². The molecule has 0 unspecified atom stereocenters. The first-order chi connectivity index (χ1) is 19.4. The standard InChI is InChI=1S/C33H37N3O4/c1-4-40-32(37)18-23-6-8-24(9-7-23)25-10-12-26(13-11-25)27-14-16-31-35-29(21-36(31)20-27)33(38)34-19-28-17-22(2)5-15-30(28)39-3/h5,10-17,20-21,23-24H,4,6-9,18-19H2,1-3H3,(H,34,38). The molecule has 4 aromatic rings. The summed E-state index contributed by atoms with van der Waals surface area (Å²) in [5.41, 5.74) is 6.66. The first kappa shape index (κ1) is 27.4. The maximum absolute atomic E-state index is 12.9. The highest BCUT2D eigenvalue weighted by atomic mass is 16.5. The van der Waals surface area contributed by atoms with Gasteiger partial charge < -0.3 is 19.2 Å². The summed E-state index contributed by atoms with van der Waals surface area (Å²) in [4.78, 5) is 29.2. The van der Waals surface area contributed by atoms with Gasteiger partial charge in [0.25, 0.3) is 5.91 Å². The first-order valence-electron chi connectivity index (χ1n) is 14.1. The van der Waals surface area contributed by atoms with Crippen molar-refractivity contribution >= 4 is 17.5 Å². The summed E-state index contributed by atoms with van der Waals surface area (Å²) >= 11 is 0. The van der Waals surface area contributed by atoms with Gasteiger partial charge in [-0.2, -0.15) is 0 Å². The second-order valence-electron chi connectivity index (χ2n) is 10.7. The molecule has 5 rings (SSSR count). The highest BCUT2D eigenvalue weighted by molar-refractivity contribution is 5.93. The van der Waals surface area contributed by atoms with E-state index in [0.717, 1.165) is 59.3 Å². The van der Waals surface area contributed by atoms with Crippen LogP contribution in [0.3, 0.4) is 0 Å². The largest absolute Gasteiger partial charge is 0.496 e. The van der Waals surface area contributed by atoms with E-state index in [2.05, 4.69) is 34.6 Å². The number of hydrogen-bond acceptors (Lipinski definition) is 5. The number of rotatable bonds is 9. The number of nitrogens with zero attached hydrogens (tertiary/aromatic N) is 2. The molecule has 1 fully saturated rings. The highest BCUT2D eigenvalue weighted by Gasteiger charge is 2.24. The molecule has 40 heavy (non-hydrogen) atoms. The lowest BCUT2D eigenvalue weighted by Crippen LogP contribution is -2.23. The van der Waals surface area contributed by atoms with E-state index in [9.17, 15) is 9.59 Å². The third-order valence-corrected chi connectivity index (χ3v) is 7.88. The van der Waals surface area contributed by atoms with Gasteiger partial charge in [0.1, 0.15) is 17.1 Å². The van der Waals surface area contributed by atoms with E-state index in [1.807, 2.05) is 54.8 Å². The summed E-state index contributed by atoms with van der Waals surface area (Å²) < 4.78 is 12.4. The molecule has 1 aliphatic rings. The smallest absolute Gasteiger partial charge is 0.306 e. The van der Waals surface area contributed by atoms with Crippen LogP contribution in [0.5, 0.6) is 5.75 Å². The molecular weight excluding hydrogens is 502 g/mol. The Bertz CT molecular complexity index is 1480. The summed E-state index contributed by atoms with van der Waals surface area (Å²) in [6.07, 6.45) is 8.66. The minimum absolute atomic E-state index is 0.0687. The van der Waals surface area contributed by atoms with Crippen molar-refractivity contribution in [2.45, 2.75) is 58.4 Å². The predicted molar refractivity (Wildman–Crippen MR) is 155 cm³/mol. The molecule has 0 saturated heterocycles. The zero-order valence-electron chi connectivity index (χ0n) is 23.5. The number of pyridine rings is 1. The van der Waals surface area contributed by atoms with Crippen LogP contribution in [-0.4, -0.2) is 35.0 Å². The second-order valence-corrected chi connectivity index (χ2v) is 10.7. The van der Waals surface area contributed by atoms with Crippen molar-refractivity contribution in [3.05, 3.63) is 89.4 Å². The molecule has 2 aromatic heterocycles. The molecule has 2 aromatic carbocycles. The number of benzene rings is 2. The molecule has 7 heteroatoms. The molecule has 0 radical (unpaired) electrons. The monoisotopic (exact) mass is 539 g/mol. The van der Waals surface area contributed by atoms with E-state index in [1.165, 1.54) is 5.56 Å². The second kappa shape index (κ2) is 12.4. The lowest BCUT2D eigenvalue weighted by atomic mass is 9.77. The molecule has 0 aliphatic heterocycles. The average molecular weight is 540 g/mol. The quantitative estimate of drug-likeness (QED) is 0.246. The number of aryl methyl sites for hydroxylation is 1. The lowest BCUT2D eigenvalue weighted by molar-refractivity contribution is -0.144. The Morgan fingerprint density at radius 2 is 1.73 bits per heavy atom. The molecule has 2 heterocycles. The maximum Gasteiger partial charge on any atom is 0.306 e. The molecule has 1 amide bonds. The molecular formula is C33H37N3O4. The van der Waals surface area contributed by atoms with Crippen LogP contribution in [0.2, 0.25) is 0 Å². The maximum atomic E-state index is 12.9. The van der Waals surface area contributed by atoms with Crippen LogP contribution >= 0.6 is 0 Å². The molecule has 1 aliphatic carbocycles. The fourth-order valence-electron chi connectivity index (χ4n) is 5.69. The summed E-state index contributed by atoms with van der Waals surface area (Å²) in [5, 5.41) is 2.96. The van der Waals surface area contributed by atoms with E-state index in [-0.39, 0.29) is 11.9 Å². The van der Waals surface area contributed by atoms with Gasteiger partial charge in [-0.05, 0) is 86.3 Å². The van der Waals surface area contributed by atoms with Crippen molar-refractivity contribution in [1.29, 1.82) is 0 Å².